The van der Waals surface area contributed by atoms with Crippen LogP contribution >= 0.6 is 0 Å². The molecule has 2 rings (SSSR count). The van der Waals surface area contributed by atoms with E-state index in [1.54, 1.807) is 14.2 Å². The van der Waals surface area contributed by atoms with Crippen molar-refractivity contribution in [3.05, 3.63) is 24.3 Å². The number of carbonyl (C=O) groups excluding carboxylic acids is 4. The van der Waals surface area contributed by atoms with Gasteiger partial charge in [-0.05, 0) is 0 Å². The molecule has 0 bridgehead atoms. The molecule has 0 unspecified atom stereocenters. The van der Waals surface area contributed by atoms with Crippen LogP contribution in [-0.2, 0) is 23.9 Å². The van der Waals surface area contributed by atoms with Gasteiger partial charge in [-0.15, -0.1) is 0 Å². The Hall–Kier alpha value is -2.28. The van der Waals surface area contributed by atoms with E-state index in [1.165, 1.54) is 24.3 Å². The van der Waals surface area contributed by atoms with Gasteiger partial charge in [0, 0.05) is 38.5 Å². The zero-order chi connectivity index (χ0) is 13.3. The molecule has 17 heavy (non-hydrogen) atoms. The summed E-state index contributed by atoms with van der Waals surface area (Å²) in [6.45, 7) is 0. The molecule has 0 aromatic carbocycles. The molecule has 7 heteroatoms. The lowest BCUT2D eigenvalue weighted by atomic mass is 10.6. The lowest BCUT2D eigenvalue weighted by Gasteiger charge is -1.80. The Morgan fingerprint density at radius 1 is 0.706 bits per heavy atom. The minimum Gasteiger partial charge on any atom is -0.388 e. The maximum atomic E-state index is 10.0. The van der Waals surface area contributed by atoms with Crippen LogP contribution in [-0.4, -0.2) is 37.8 Å². The lowest BCUT2D eigenvalue weighted by Crippen LogP contribution is -2.19. The standard InChI is InChI=1S/2C4H3NO2.C2H6O/c2*6-3-1-2-4(7)5-3;1-3-2/h2*1-2H,(H,5,6,7);1-2H3. The first kappa shape index (κ1) is 14.7. The molecular weight excluding hydrogens is 228 g/mol. The van der Waals surface area contributed by atoms with Crippen LogP contribution in [0.15, 0.2) is 24.3 Å². The number of rotatable bonds is 0. The number of methoxy groups -OCH3 is 1. The van der Waals surface area contributed by atoms with Crippen molar-refractivity contribution in [3.8, 4) is 0 Å². The molecule has 0 aromatic heterocycles. The minimum absolute atomic E-state index is 0.329. The van der Waals surface area contributed by atoms with Gasteiger partial charge in [0.15, 0.2) is 0 Å². The van der Waals surface area contributed by atoms with Crippen LogP contribution in [0.3, 0.4) is 0 Å². The number of imide groups is 2. The third-order valence-corrected chi connectivity index (χ3v) is 1.26. The highest BCUT2D eigenvalue weighted by molar-refractivity contribution is 6.13. The Labute approximate surface area is 97.5 Å². The molecular formula is C10H12N2O5. The van der Waals surface area contributed by atoms with Crippen molar-refractivity contribution in [1.82, 2.24) is 10.6 Å². The Balaban J connectivity index is 0.000000247. The summed E-state index contributed by atoms with van der Waals surface area (Å²) in [5.41, 5.74) is 0. The fourth-order valence-electron chi connectivity index (χ4n) is 0.712. The van der Waals surface area contributed by atoms with Crippen LogP contribution in [0.25, 0.3) is 0 Å². The van der Waals surface area contributed by atoms with Crippen LogP contribution in [0.2, 0.25) is 0 Å². The van der Waals surface area contributed by atoms with Crippen molar-refractivity contribution in [1.29, 1.82) is 0 Å². The number of nitrogens with one attached hydrogen (secondary N) is 2. The third kappa shape index (κ3) is 7.63. The predicted octanol–water partition coefficient (Wildman–Crippen LogP) is -1.34. The molecule has 92 valence electrons. The molecule has 0 aromatic rings. The van der Waals surface area contributed by atoms with Crippen LogP contribution in [0.1, 0.15) is 0 Å². The van der Waals surface area contributed by atoms with Crippen LogP contribution in [0.5, 0.6) is 0 Å². The Bertz CT molecular complexity index is 316. The van der Waals surface area contributed by atoms with Crippen LogP contribution in [0, 0.1) is 0 Å². The van der Waals surface area contributed by atoms with Gasteiger partial charge in [-0.25, -0.2) is 0 Å². The van der Waals surface area contributed by atoms with Gasteiger partial charge in [-0.1, -0.05) is 0 Å². The van der Waals surface area contributed by atoms with Gasteiger partial charge in [0.2, 0.25) is 0 Å². The first-order valence-corrected chi connectivity index (χ1v) is 4.45. The fraction of sp³-hybridized carbons (Fsp3) is 0.200. The summed E-state index contributed by atoms with van der Waals surface area (Å²) in [4.78, 5) is 40.1. The van der Waals surface area contributed by atoms with Crippen molar-refractivity contribution in [3.63, 3.8) is 0 Å². The van der Waals surface area contributed by atoms with Gasteiger partial charge >= 0.3 is 0 Å². The van der Waals surface area contributed by atoms with Gasteiger partial charge < -0.3 is 4.74 Å². The second-order valence-electron chi connectivity index (χ2n) is 2.78. The van der Waals surface area contributed by atoms with E-state index in [2.05, 4.69) is 4.74 Å². The van der Waals surface area contributed by atoms with E-state index in [0.717, 1.165) is 0 Å². The number of carbonyl (C=O) groups is 4. The molecule has 0 atom stereocenters. The predicted molar refractivity (Wildman–Crippen MR) is 57.5 cm³/mol. The summed E-state index contributed by atoms with van der Waals surface area (Å²) in [7, 11) is 3.25. The van der Waals surface area contributed by atoms with E-state index in [0.29, 0.717) is 0 Å². The monoisotopic (exact) mass is 240 g/mol. The number of hydrogen-bond donors (Lipinski definition) is 2. The second kappa shape index (κ2) is 7.94. The fourth-order valence-corrected chi connectivity index (χ4v) is 0.712. The third-order valence-electron chi connectivity index (χ3n) is 1.26. The molecule has 0 aliphatic carbocycles. The van der Waals surface area contributed by atoms with Gasteiger partial charge in [-0.3, -0.25) is 29.8 Å². The Morgan fingerprint density at radius 3 is 0.941 bits per heavy atom. The molecule has 0 fully saturated rings. The summed E-state index contributed by atoms with van der Waals surface area (Å²) >= 11 is 0. The molecule has 4 amide bonds. The van der Waals surface area contributed by atoms with Crippen LogP contribution in [0.4, 0.5) is 0 Å². The van der Waals surface area contributed by atoms with E-state index >= 15 is 0 Å². The highest BCUT2D eigenvalue weighted by Gasteiger charge is 2.07. The number of ether oxygens (including phenoxy) is 1. The van der Waals surface area contributed by atoms with Crippen LogP contribution < -0.4 is 10.6 Å². The van der Waals surface area contributed by atoms with Crippen molar-refractivity contribution >= 4 is 23.6 Å². The molecule has 2 N–H and O–H groups in total. The molecule has 0 radical (unpaired) electrons. The topological polar surface area (TPSA) is 102 Å². The highest BCUT2D eigenvalue weighted by Crippen LogP contribution is 1.83. The summed E-state index contributed by atoms with van der Waals surface area (Å²) in [6, 6.07) is 0. The second-order valence-corrected chi connectivity index (χ2v) is 2.78. The number of hydrogen-bond acceptors (Lipinski definition) is 5. The average Bonchev–Trinajstić information content (AvgIpc) is 2.78. The first-order valence-electron chi connectivity index (χ1n) is 4.45. The van der Waals surface area contributed by atoms with Gasteiger partial charge in [0.25, 0.3) is 23.6 Å². The summed E-state index contributed by atoms with van der Waals surface area (Å²) < 4.78 is 4.25. The molecule has 7 nitrogen and oxygen atoms in total. The quantitative estimate of drug-likeness (QED) is 0.510. The maximum Gasteiger partial charge on any atom is 0.250 e. The molecule has 2 aliphatic heterocycles. The highest BCUT2D eigenvalue weighted by atomic mass is 16.4. The van der Waals surface area contributed by atoms with Crippen molar-refractivity contribution in [2.24, 2.45) is 0 Å². The largest absolute Gasteiger partial charge is 0.388 e. The summed E-state index contributed by atoms with van der Waals surface area (Å²) in [6.07, 6.45) is 4.79. The van der Waals surface area contributed by atoms with E-state index in [-0.39, 0.29) is 23.6 Å². The maximum absolute atomic E-state index is 10.0. The molecule has 0 spiro atoms. The van der Waals surface area contributed by atoms with E-state index in [4.69, 9.17) is 0 Å². The summed E-state index contributed by atoms with van der Waals surface area (Å²) in [5.74, 6) is -1.31. The van der Waals surface area contributed by atoms with E-state index < -0.39 is 0 Å². The Morgan fingerprint density at radius 2 is 0.882 bits per heavy atom. The summed E-state index contributed by atoms with van der Waals surface area (Å²) in [5, 5.41) is 4.06. The normalized spacial score (nSPS) is 15.6. The van der Waals surface area contributed by atoms with Crippen molar-refractivity contribution in [2.45, 2.75) is 0 Å². The minimum atomic E-state index is -0.329. The van der Waals surface area contributed by atoms with E-state index in [9.17, 15) is 19.2 Å². The lowest BCUT2D eigenvalue weighted by molar-refractivity contribution is -0.125. The number of amides is 4. The van der Waals surface area contributed by atoms with Gasteiger partial charge in [-0.2, -0.15) is 0 Å². The van der Waals surface area contributed by atoms with Crippen molar-refractivity contribution in [2.75, 3.05) is 14.2 Å². The SMILES string of the molecule is COC.O=C1C=CC(=O)N1.O=C1C=CC(=O)N1. The zero-order valence-electron chi connectivity index (χ0n) is 9.35. The molecule has 0 saturated heterocycles. The van der Waals surface area contributed by atoms with Gasteiger partial charge in [0.05, 0.1) is 0 Å². The molecule has 2 heterocycles. The van der Waals surface area contributed by atoms with E-state index in [1.807, 2.05) is 10.6 Å². The molecule has 0 saturated carbocycles. The first-order chi connectivity index (χ1) is 7.99. The van der Waals surface area contributed by atoms with Gasteiger partial charge in [0.1, 0.15) is 0 Å². The zero-order valence-corrected chi connectivity index (χ0v) is 9.35. The smallest absolute Gasteiger partial charge is 0.250 e. The van der Waals surface area contributed by atoms with Crippen molar-refractivity contribution < 1.29 is 23.9 Å². The Kier molecular flexibility index (Phi) is 6.88. The average molecular weight is 240 g/mol. The molecule has 2 aliphatic rings.